The van der Waals surface area contributed by atoms with E-state index in [0.29, 0.717) is 0 Å². The second-order valence-corrected chi connectivity index (χ2v) is 5.32. The third-order valence-electron chi connectivity index (χ3n) is 3.03. The zero-order valence-corrected chi connectivity index (χ0v) is 11.8. The second-order valence-electron chi connectivity index (χ2n) is 5.32. The predicted octanol–water partition coefficient (Wildman–Crippen LogP) is 2.88. The lowest BCUT2D eigenvalue weighted by molar-refractivity contribution is -0.213. The van der Waals surface area contributed by atoms with Crippen molar-refractivity contribution in [1.29, 1.82) is 0 Å². The van der Waals surface area contributed by atoms with Crippen LogP contribution in [0.1, 0.15) is 42.1 Å². The van der Waals surface area contributed by atoms with E-state index >= 15 is 0 Å². The summed E-state index contributed by atoms with van der Waals surface area (Å²) in [5.41, 5.74) is -2.18. The van der Waals surface area contributed by atoms with E-state index in [0.717, 1.165) is 13.8 Å². The Labute approximate surface area is 119 Å². The average molecular weight is 307 g/mol. The molecule has 1 rings (SSSR count). The Morgan fingerprint density at radius 1 is 1.33 bits per heavy atom. The Balaban J connectivity index is 2.62. The van der Waals surface area contributed by atoms with Crippen molar-refractivity contribution in [2.24, 2.45) is 5.41 Å². The van der Waals surface area contributed by atoms with E-state index in [1.54, 1.807) is 0 Å². The van der Waals surface area contributed by atoms with Gasteiger partial charge in [-0.3, -0.25) is 4.79 Å². The molecule has 0 saturated carbocycles. The largest absolute Gasteiger partial charge is 0.478 e. The molecule has 0 aliphatic heterocycles. The molecule has 1 amide bonds. The molecule has 2 N–H and O–H groups in total. The minimum atomic E-state index is -4.48. The number of nitrogens with one attached hydrogen (secondary N) is 1. The van der Waals surface area contributed by atoms with Crippen molar-refractivity contribution >= 4 is 11.9 Å². The molecule has 0 spiro atoms. The third-order valence-corrected chi connectivity index (χ3v) is 3.03. The van der Waals surface area contributed by atoms with Gasteiger partial charge in [0.05, 0.1) is 12.0 Å². The summed E-state index contributed by atoms with van der Waals surface area (Å²) in [6, 6.07) is 1.23. The summed E-state index contributed by atoms with van der Waals surface area (Å²) in [6.07, 6.45) is -5.20. The zero-order valence-electron chi connectivity index (χ0n) is 11.8. The lowest BCUT2D eigenvalue weighted by atomic mass is 9.88. The summed E-state index contributed by atoms with van der Waals surface area (Å²) in [5.74, 6) is -1.62. The molecule has 5 nitrogen and oxygen atoms in total. The van der Waals surface area contributed by atoms with Crippen molar-refractivity contribution in [3.63, 3.8) is 0 Å². The minimum absolute atomic E-state index is 0.0464. The summed E-state index contributed by atoms with van der Waals surface area (Å²) < 4.78 is 43.0. The predicted molar refractivity (Wildman–Crippen MR) is 66.7 cm³/mol. The molecule has 1 heterocycles. The molecule has 21 heavy (non-hydrogen) atoms. The number of hydrogen-bond donors (Lipinski definition) is 2. The molecule has 0 fully saturated rings. The zero-order chi connectivity index (χ0) is 16.4. The van der Waals surface area contributed by atoms with E-state index in [-0.39, 0.29) is 23.6 Å². The number of carbonyl (C=O) groups excluding carboxylic acids is 1. The quantitative estimate of drug-likeness (QED) is 0.876. The molecule has 0 aliphatic carbocycles. The number of carboxylic acid groups (broad SMARTS) is 1. The van der Waals surface area contributed by atoms with Crippen molar-refractivity contribution in [3.05, 3.63) is 23.2 Å². The molecule has 0 unspecified atom stereocenters. The first-order valence-electron chi connectivity index (χ1n) is 6.10. The maximum absolute atomic E-state index is 12.6. The highest BCUT2D eigenvalue weighted by Gasteiger charge is 2.48. The maximum atomic E-state index is 12.6. The summed E-state index contributed by atoms with van der Waals surface area (Å²) in [4.78, 5) is 22.3. The highest BCUT2D eigenvalue weighted by Crippen LogP contribution is 2.40. The summed E-state index contributed by atoms with van der Waals surface area (Å²) in [7, 11) is 0. The van der Waals surface area contributed by atoms with Gasteiger partial charge in [-0.15, -0.1) is 0 Å². The van der Waals surface area contributed by atoms with E-state index < -0.39 is 29.9 Å². The van der Waals surface area contributed by atoms with Gasteiger partial charge in [0.1, 0.15) is 17.1 Å². The fourth-order valence-electron chi connectivity index (χ4n) is 1.59. The highest BCUT2D eigenvalue weighted by molar-refractivity contribution is 5.88. The van der Waals surface area contributed by atoms with E-state index in [9.17, 15) is 22.8 Å². The van der Waals surface area contributed by atoms with Gasteiger partial charge in [0, 0.05) is 6.42 Å². The normalized spacial score (nSPS) is 12.3. The van der Waals surface area contributed by atoms with Crippen LogP contribution in [-0.2, 0) is 11.3 Å². The van der Waals surface area contributed by atoms with Gasteiger partial charge in [-0.1, -0.05) is 13.8 Å². The highest BCUT2D eigenvalue weighted by atomic mass is 19.4. The van der Waals surface area contributed by atoms with Gasteiger partial charge in [0.25, 0.3) is 0 Å². The average Bonchev–Trinajstić information content (AvgIpc) is 2.66. The van der Waals surface area contributed by atoms with Gasteiger partial charge < -0.3 is 14.8 Å². The second kappa shape index (κ2) is 5.79. The SMILES string of the molecule is Cc1oc(CNC(=O)CC(C)(C)C(F)(F)F)cc1C(=O)O. The van der Waals surface area contributed by atoms with Gasteiger partial charge in [-0.05, 0) is 13.0 Å². The van der Waals surface area contributed by atoms with Crippen molar-refractivity contribution in [2.45, 2.75) is 39.9 Å². The summed E-state index contributed by atoms with van der Waals surface area (Å²) in [5, 5.41) is 11.1. The first kappa shape index (κ1) is 17.1. The van der Waals surface area contributed by atoms with Gasteiger partial charge in [-0.2, -0.15) is 13.2 Å². The molecule has 1 aromatic rings. The van der Waals surface area contributed by atoms with Gasteiger partial charge in [0.2, 0.25) is 5.91 Å². The maximum Gasteiger partial charge on any atom is 0.394 e. The number of furan rings is 1. The van der Waals surface area contributed by atoms with Gasteiger partial charge in [0.15, 0.2) is 0 Å². The standard InChI is InChI=1S/C13H16F3NO4/c1-7-9(11(19)20)4-8(21-7)6-17-10(18)5-12(2,3)13(14,15)16/h4H,5-6H2,1-3H3,(H,17,18)(H,19,20). The van der Waals surface area contributed by atoms with Gasteiger partial charge >= 0.3 is 12.1 Å². The van der Waals surface area contributed by atoms with Crippen molar-refractivity contribution in [1.82, 2.24) is 5.32 Å². The Morgan fingerprint density at radius 2 is 1.90 bits per heavy atom. The molecule has 0 bridgehead atoms. The Kier molecular flexibility index (Phi) is 4.70. The topological polar surface area (TPSA) is 79.5 Å². The molecule has 0 aromatic carbocycles. The fourth-order valence-corrected chi connectivity index (χ4v) is 1.59. The Bertz CT molecular complexity index is 546. The lowest BCUT2D eigenvalue weighted by Gasteiger charge is -2.26. The fraction of sp³-hybridized carbons (Fsp3) is 0.538. The van der Waals surface area contributed by atoms with Crippen LogP contribution in [0.5, 0.6) is 0 Å². The number of carboxylic acids is 1. The number of carbonyl (C=O) groups is 2. The molecule has 0 aliphatic rings. The summed E-state index contributed by atoms with van der Waals surface area (Å²) >= 11 is 0. The first-order valence-corrected chi connectivity index (χ1v) is 6.10. The molecule has 0 atom stereocenters. The molecule has 0 saturated heterocycles. The van der Waals surface area contributed by atoms with E-state index in [1.807, 2.05) is 0 Å². The molecule has 8 heteroatoms. The lowest BCUT2D eigenvalue weighted by Crippen LogP contribution is -2.37. The number of aromatic carboxylic acids is 1. The van der Waals surface area contributed by atoms with Crippen molar-refractivity contribution in [3.8, 4) is 0 Å². The van der Waals surface area contributed by atoms with Crippen LogP contribution in [0.3, 0.4) is 0 Å². The number of hydrogen-bond acceptors (Lipinski definition) is 3. The van der Waals surface area contributed by atoms with E-state index in [1.165, 1.54) is 13.0 Å². The monoisotopic (exact) mass is 307 g/mol. The van der Waals surface area contributed by atoms with Crippen molar-refractivity contribution < 1.29 is 32.3 Å². The van der Waals surface area contributed by atoms with Crippen LogP contribution in [0.2, 0.25) is 0 Å². The smallest absolute Gasteiger partial charge is 0.394 e. The van der Waals surface area contributed by atoms with E-state index in [2.05, 4.69) is 5.32 Å². The number of rotatable bonds is 5. The summed E-state index contributed by atoms with van der Waals surface area (Å²) in [6.45, 7) is 3.15. The number of amides is 1. The molecule has 1 aromatic heterocycles. The molecule has 118 valence electrons. The molecule has 0 radical (unpaired) electrons. The van der Waals surface area contributed by atoms with Crippen LogP contribution in [0.15, 0.2) is 10.5 Å². The molecular weight excluding hydrogens is 291 g/mol. The molecular formula is C13H16F3NO4. The third kappa shape index (κ3) is 4.24. The van der Waals surface area contributed by atoms with Crippen LogP contribution in [0, 0.1) is 12.3 Å². The van der Waals surface area contributed by atoms with Crippen molar-refractivity contribution in [2.75, 3.05) is 0 Å². The van der Waals surface area contributed by atoms with Crippen LogP contribution in [0.4, 0.5) is 13.2 Å². The number of aryl methyl sites for hydroxylation is 1. The van der Waals surface area contributed by atoms with Gasteiger partial charge in [-0.25, -0.2) is 4.79 Å². The van der Waals surface area contributed by atoms with E-state index in [4.69, 9.17) is 9.52 Å². The Hall–Kier alpha value is -1.99. The first-order chi connectivity index (χ1) is 9.44. The number of halogens is 3. The number of alkyl halides is 3. The minimum Gasteiger partial charge on any atom is -0.478 e. The van der Waals surface area contributed by atoms with Crippen LogP contribution >= 0.6 is 0 Å². The van der Waals surface area contributed by atoms with Crippen LogP contribution < -0.4 is 5.32 Å². The Morgan fingerprint density at radius 3 is 2.33 bits per heavy atom. The van der Waals surface area contributed by atoms with Crippen LogP contribution in [0.25, 0.3) is 0 Å². The van der Waals surface area contributed by atoms with Crippen LogP contribution in [-0.4, -0.2) is 23.2 Å².